The second-order valence-electron chi connectivity index (χ2n) is 5.59. The Morgan fingerprint density at radius 1 is 1.21 bits per heavy atom. The maximum atomic E-state index is 12.0. The molecule has 2 amide bonds. The first-order valence-corrected chi connectivity index (χ1v) is 9.25. The summed E-state index contributed by atoms with van der Waals surface area (Å²) < 4.78 is 0. The molecule has 0 aliphatic carbocycles. The van der Waals surface area contributed by atoms with E-state index in [1.165, 1.54) is 22.7 Å². The third kappa shape index (κ3) is 4.64. The van der Waals surface area contributed by atoms with Crippen molar-refractivity contribution in [1.82, 2.24) is 15.5 Å². The number of nitrogens with zero attached hydrogens (tertiary/aromatic N) is 1. The molecule has 1 unspecified atom stereocenters. The SMILES string of the molecule is CN(C)CCNC(=O)C(=O)NCC(O)(c1ccsc1)c1cccs1. The molecule has 3 N–H and O–H groups in total. The maximum absolute atomic E-state index is 12.0. The van der Waals surface area contributed by atoms with Gasteiger partial charge in [-0.3, -0.25) is 9.59 Å². The number of nitrogens with one attached hydrogen (secondary N) is 2. The fourth-order valence-corrected chi connectivity index (χ4v) is 3.68. The van der Waals surface area contributed by atoms with Gasteiger partial charge < -0.3 is 20.6 Å². The van der Waals surface area contributed by atoms with Crippen molar-refractivity contribution in [2.24, 2.45) is 0 Å². The van der Waals surface area contributed by atoms with Crippen molar-refractivity contribution in [2.75, 3.05) is 33.7 Å². The maximum Gasteiger partial charge on any atom is 0.309 e. The molecule has 0 saturated heterocycles. The lowest BCUT2D eigenvalue weighted by molar-refractivity contribution is -0.139. The van der Waals surface area contributed by atoms with Crippen molar-refractivity contribution in [3.63, 3.8) is 0 Å². The molecule has 0 aliphatic heterocycles. The summed E-state index contributed by atoms with van der Waals surface area (Å²) >= 11 is 2.87. The van der Waals surface area contributed by atoms with Crippen molar-refractivity contribution in [2.45, 2.75) is 5.60 Å². The van der Waals surface area contributed by atoms with Crippen LogP contribution in [0.3, 0.4) is 0 Å². The van der Waals surface area contributed by atoms with Gasteiger partial charge in [0.15, 0.2) is 0 Å². The van der Waals surface area contributed by atoms with E-state index < -0.39 is 17.4 Å². The lowest BCUT2D eigenvalue weighted by Crippen LogP contribution is -2.47. The van der Waals surface area contributed by atoms with Crippen molar-refractivity contribution in [3.8, 4) is 0 Å². The second kappa shape index (κ2) is 8.39. The molecular formula is C16H21N3O3S2. The minimum Gasteiger partial charge on any atom is -0.378 e. The van der Waals surface area contributed by atoms with E-state index in [-0.39, 0.29) is 6.54 Å². The van der Waals surface area contributed by atoms with Gasteiger partial charge in [-0.2, -0.15) is 11.3 Å². The molecule has 24 heavy (non-hydrogen) atoms. The van der Waals surface area contributed by atoms with Crippen LogP contribution in [0, 0.1) is 0 Å². The van der Waals surface area contributed by atoms with Crippen LogP contribution in [-0.4, -0.2) is 55.6 Å². The molecule has 0 aromatic carbocycles. The summed E-state index contributed by atoms with van der Waals surface area (Å²) in [6, 6.07) is 5.46. The highest BCUT2D eigenvalue weighted by molar-refractivity contribution is 7.10. The fraction of sp³-hybridized carbons (Fsp3) is 0.375. The predicted octanol–water partition coefficient (Wildman–Crippen LogP) is 0.840. The molecule has 2 heterocycles. The first kappa shape index (κ1) is 18.6. The lowest BCUT2D eigenvalue weighted by Gasteiger charge is -2.26. The molecule has 0 aliphatic rings. The first-order valence-electron chi connectivity index (χ1n) is 7.43. The largest absolute Gasteiger partial charge is 0.378 e. The number of carbonyl (C=O) groups excluding carboxylic acids is 2. The van der Waals surface area contributed by atoms with Gasteiger partial charge in [0.05, 0.1) is 6.54 Å². The highest BCUT2D eigenvalue weighted by Gasteiger charge is 2.34. The van der Waals surface area contributed by atoms with Crippen LogP contribution < -0.4 is 10.6 Å². The Balaban J connectivity index is 1.99. The molecule has 2 aromatic rings. The van der Waals surface area contributed by atoms with Crippen LogP contribution in [0.1, 0.15) is 10.4 Å². The summed E-state index contributed by atoms with van der Waals surface area (Å²) in [6.45, 7) is 0.968. The third-order valence-corrected chi connectivity index (χ3v) is 5.19. The molecule has 0 saturated carbocycles. The average Bonchev–Trinajstić information content (AvgIpc) is 3.24. The monoisotopic (exact) mass is 367 g/mol. The zero-order valence-electron chi connectivity index (χ0n) is 13.6. The van der Waals surface area contributed by atoms with Gasteiger partial charge in [-0.25, -0.2) is 0 Å². The number of hydrogen-bond donors (Lipinski definition) is 3. The van der Waals surface area contributed by atoms with E-state index in [4.69, 9.17) is 0 Å². The van der Waals surface area contributed by atoms with Gasteiger partial charge in [-0.15, -0.1) is 11.3 Å². The molecular weight excluding hydrogens is 346 g/mol. The van der Waals surface area contributed by atoms with Gasteiger partial charge >= 0.3 is 11.8 Å². The molecule has 2 aromatic heterocycles. The second-order valence-corrected chi connectivity index (χ2v) is 7.32. The smallest absolute Gasteiger partial charge is 0.309 e. The van der Waals surface area contributed by atoms with Crippen LogP contribution in [-0.2, 0) is 15.2 Å². The number of hydrogen-bond acceptors (Lipinski definition) is 6. The summed E-state index contributed by atoms with van der Waals surface area (Å²) in [5.41, 5.74) is -0.642. The number of thiophene rings is 2. The van der Waals surface area contributed by atoms with E-state index in [2.05, 4.69) is 10.6 Å². The molecule has 130 valence electrons. The summed E-state index contributed by atoms with van der Waals surface area (Å²) in [4.78, 5) is 26.4. The Morgan fingerprint density at radius 3 is 2.54 bits per heavy atom. The quantitative estimate of drug-likeness (QED) is 0.634. The average molecular weight is 367 g/mol. The van der Waals surface area contributed by atoms with E-state index in [1.807, 2.05) is 53.3 Å². The van der Waals surface area contributed by atoms with Crippen molar-refractivity contribution in [3.05, 3.63) is 44.8 Å². The molecule has 6 nitrogen and oxygen atoms in total. The van der Waals surface area contributed by atoms with Crippen molar-refractivity contribution < 1.29 is 14.7 Å². The van der Waals surface area contributed by atoms with Crippen LogP contribution in [0.2, 0.25) is 0 Å². The van der Waals surface area contributed by atoms with Crippen LogP contribution >= 0.6 is 22.7 Å². The zero-order chi connectivity index (χ0) is 17.6. The Morgan fingerprint density at radius 2 is 1.96 bits per heavy atom. The first-order chi connectivity index (χ1) is 11.4. The van der Waals surface area contributed by atoms with E-state index in [9.17, 15) is 14.7 Å². The number of carbonyl (C=O) groups is 2. The van der Waals surface area contributed by atoms with Gasteiger partial charge in [0.1, 0.15) is 5.60 Å². The van der Waals surface area contributed by atoms with E-state index in [0.717, 1.165) is 0 Å². The molecule has 0 bridgehead atoms. The highest BCUT2D eigenvalue weighted by atomic mass is 32.1. The summed E-state index contributed by atoms with van der Waals surface area (Å²) in [7, 11) is 3.77. The van der Waals surface area contributed by atoms with Gasteiger partial charge in [0.25, 0.3) is 0 Å². The van der Waals surface area contributed by atoms with E-state index in [0.29, 0.717) is 23.5 Å². The summed E-state index contributed by atoms with van der Waals surface area (Å²) in [5, 5.41) is 21.7. The predicted molar refractivity (Wildman–Crippen MR) is 96.2 cm³/mol. The Hall–Kier alpha value is -1.74. The zero-order valence-corrected chi connectivity index (χ0v) is 15.2. The standard InChI is InChI=1S/C16H21N3O3S2/c1-19(2)7-6-17-14(20)15(21)18-11-16(22,12-5-9-23-10-12)13-4-3-8-24-13/h3-5,8-10,22H,6-7,11H2,1-2H3,(H,17,20)(H,18,21). The third-order valence-electron chi connectivity index (χ3n) is 3.48. The van der Waals surface area contributed by atoms with E-state index >= 15 is 0 Å². The van der Waals surface area contributed by atoms with Gasteiger partial charge in [0, 0.05) is 23.5 Å². The van der Waals surface area contributed by atoms with Gasteiger partial charge in [-0.05, 0) is 42.4 Å². The summed E-state index contributed by atoms with van der Waals surface area (Å²) in [5.74, 6) is -1.45. The molecule has 8 heteroatoms. The Kier molecular flexibility index (Phi) is 6.50. The minimum atomic E-state index is -1.34. The van der Waals surface area contributed by atoms with Gasteiger partial charge in [-0.1, -0.05) is 6.07 Å². The number of aliphatic hydroxyl groups is 1. The van der Waals surface area contributed by atoms with Crippen LogP contribution in [0.5, 0.6) is 0 Å². The highest BCUT2D eigenvalue weighted by Crippen LogP contribution is 2.33. The topological polar surface area (TPSA) is 81.7 Å². The van der Waals surface area contributed by atoms with Crippen LogP contribution in [0.4, 0.5) is 0 Å². The lowest BCUT2D eigenvalue weighted by atomic mass is 9.94. The van der Waals surface area contributed by atoms with Crippen LogP contribution in [0.15, 0.2) is 34.3 Å². The van der Waals surface area contributed by atoms with Crippen LogP contribution in [0.25, 0.3) is 0 Å². The number of rotatable bonds is 7. The van der Waals surface area contributed by atoms with Crippen molar-refractivity contribution >= 4 is 34.5 Å². The van der Waals surface area contributed by atoms with Gasteiger partial charge in [0.2, 0.25) is 0 Å². The normalized spacial score (nSPS) is 13.5. The number of amides is 2. The fourth-order valence-electron chi connectivity index (χ4n) is 2.11. The molecule has 0 fully saturated rings. The Labute approximate surface area is 149 Å². The van der Waals surface area contributed by atoms with Crippen molar-refractivity contribution in [1.29, 1.82) is 0 Å². The Bertz CT molecular complexity index is 620. The molecule has 0 spiro atoms. The molecule has 1 atom stereocenters. The minimum absolute atomic E-state index is 0.0653. The summed E-state index contributed by atoms with van der Waals surface area (Å²) in [6.07, 6.45) is 0. The number of likely N-dealkylation sites (N-methyl/N-ethyl adjacent to an activating group) is 1. The van der Waals surface area contributed by atoms with E-state index in [1.54, 1.807) is 0 Å². The molecule has 0 radical (unpaired) electrons. The molecule has 2 rings (SSSR count).